The summed E-state index contributed by atoms with van der Waals surface area (Å²) in [5, 5.41) is 14.6. The van der Waals surface area contributed by atoms with Gasteiger partial charge in [-0.25, -0.2) is 4.79 Å². The van der Waals surface area contributed by atoms with Crippen molar-refractivity contribution < 1.29 is 19.5 Å². The molecule has 2 amide bonds. The van der Waals surface area contributed by atoms with Gasteiger partial charge >= 0.3 is 5.97 Å². The van der Waals surface area contributed by atoms with E-state index in [1.54, 1.807) is 0 Å². The third-order valence-corrected chi connectivity index (χ3v) is 3.64. The molecule has 0 aromatic heterocycles. The predicted molar refractivity (Wildman–Crippen MR) is 68.2 cm³/mol. The molecule has 7 heteroatoms. The number of rotatable bonds is 6. The number of piperidine rings is 1. The smallest absolute Gasteiger partial charge is 0.326 e. The van der Waals surface area contributed by atoms with E-state index >= 15 is 0 Å². The summed E-state index contributed by atoms with van der Waals surface area (Å²) in [6, 6.07) is -1.25. The van der Waals surface area contributed by atoms with Gasteiger partial charge in [0.2, 0.25) is 11.8 Å². The van der Waals surface area contributed by atoms with E-state index in [0.717, 1.165) is 13.0 Å². The fourth-order valence-corrected chi connectivity index (χ4v) is 2.34. The van der Waals surface area contributed by atoms with Crippen LogP contribution in [0.15, 0.2) is 0 Å². The van der Waals surface area contributed by atoms with E-state index in [1.165, 1.54) is 0 Å². The lowest BCUT2D eigenvalue weighted by Gasteiger charge is -2.36. The van der Waals surface area contributed by atoms with Crippen LogP contribution in [0.1, 0.15) is 32.6 Å². The van der Waals surface area contributed by atoms with Crippen molar-refractivity contribution in [2.75, 3.05) is 13.1 Å². The van der Waals surface area contributed by atoms with Gasteiger partial charge in [0.05, 0.1) is 11.8 Å². The first kappa shape index (κ1) is 15.4. The molecule has 0 spiro atoms. The third kappa shape index (κ3) is 3.92. The highest BCUT2D eigenvalue weighted by atomic mass is 16.4. The van der Waals surface area contributed by atoms with Crippen LogP contribution in [0.3, 0.4) is 0 Å². The van der Waals surface area contributed by atoms with Crippen LogP contribution in [0.25, 0.3) is 0 Å². The zero-order valence-electron chi connectivity index (χ0n) is 11.1. The Hall–Kier alpha value is -1.63. The highest BCUT2D eigenvalue weighted by Gasteiger charge is 2.39. The van der Waals surface area contributed by atoms with Gasteiger partial charge in [0, 0.05) is 6.54 Å². The number of carboxylic acid groups (broad SMARTS) is 1. The lowest BCUT2D eigenvalue weighted by Crippen LogP contribution is -2.54. The van der Waals surface area contributed by atoms with Gasteiger partial charge in [-0.2, -0.15) is 0 Å². The van der Waals surface area contributed by atoms with Gasteiger partial charge in [0.25, 0.3) is 0 Å². The van der Waals surface area contributed by atoms with Crippen LogP contribution in [0.5, 0.6) is 0 Å². The maximum atomic E-state index is 12.3. The second-order valence-electron chi connectivity index (χ2n) is 4.95. The van der Waals surface area contributed by atoms with Crippen LogP contribution in [-0.4, -0.2) is 42.0 Å². The first-order valence-corrected chi connectivity index (χ1v) is 6.44. The standard InChI is InChI=1S/C12H21N3O4/c1-2-12(4-3-5-14-7-12)11(19)15-8(10(17)18)6-9(13)16/h8,14H,2-7H2,1H3,(H2,13,16)(H,15,19)(H,17,18)/t8-,12?/m0/s1. The predicted octanol–water partition coefficient (Wildman–Crippen LogP) is -0.789. The molecule has 0 radical (unpaired) electrons. The average molecular weight is 271 g/mol. The largest absolute Gasteiger partial charge is 0.480 e. The van der Waals surface area contributed by atoms with E-state index < -0.39 is 29.8 Å². The zero-order valence-corrected chi connectivity index (χ0v) is 11.1. The lowest BCUT2D eigenvalue weighted by molar-refractivity contribution is -0.145. The molecule has 108 valence electrons. The van der Waals surface area contributed by atoms with Crippen molar-refractivity contribution in [3.63, 3.8) is 0 Å². The molecule has 1 unspecified atom stereocenters. The molecular weight excluding hydrogens is 250 g/mol. The summed E-state index contributed by atoms with van der Waals surface area (Å²) in [6.45, 7) is 3.29. The number of hydrogen-bond acceptors (Lipinski definition) is 4. The van der Waals surface area contributed by atoms with Gasteiger partial charge in [0.15, 0.2) is 0 Å². The van der Waals surface area contributed by atoms with Crippen molar-refractivity contribution >= 4 is 17.8 Å². The number of amides is 2. The van der Waals surface area contributed by atoms with Gasteiger partial charge < -0.3 is 21.5 Å². The van der Waals surface area contributed by atoms with Gasteiger partial charge in [-0.3, -0.25) is 9.59 Å². The second kappa shape index (κ2) is 6.51. The summed E-state index contributed by atoms with van der Waals surface area (Å²) in [4.78, 5) is 34.1. The highest BCUT2D eigenvalue weighted by Crippen LogP contribution is 2.30. The van der Waals surface area contributed by atoms with E-state index in [2.05, 4.69) is 10.6 Å². The van der Waals surface area contributed by atoms with Crippen molar-refractivity contribution in [3.05, 3.63) is 0 Å². The van der Waals surface area contributed by atoms with Crippen LogP contribution < -0.4 is 16.4 Å². The Labute approximate surface area is 111 Å². The minimum Gasteiger partial charge on any atom is -0.480 e. The van der Waals surface area contributed by atoms with Gasteiger partial charge in [-0.15, -0.1) is 0 Å². The molecule has 1 saturated heterocycles. The SMILES string of the molecule is CCC1(C(=O)N[C@@H](CC(N)=O)C(=O)O)CCCNC1. The van der Waals surface area contributed by atoms with E-state index in [-0.39, 0.29) is 5.91 Å². The van der Waals surface area contributed by atoms with E-state index in [0.29, 0.717) is 19.4 Å². The van der Waals surface area contributed by atoms with Gasteiger partial charge in [-0.05, 0) is 25.8 Å². The van der Waals surface area contributed by atoms with E-state index in [9.17, 15) is 14.4 Å². The molecule has 0 aliphatic carbocycles. The first-order valence-electron chi connectivity index (χ1n) is 6.44. The maximum Gasteiger partial charge on any atom is 0.326 e. The molecule has 5 N–H and O–H groups in total. The molecule has 0 aromatic rings. The Morgan fingerprint density at radius 3 is 2.58 bits per heavy atom. The Kier molecular flexibility index (Phi) is 5.29. The topological polar surface area (TPSA) is 122 Å². The number of nitrogens with two attached hydrogens (primary N) is 1. The van der Waals surface area contributed by atoms with Gasteiger partial charge in [-0.1, -0.05) is 6.92 Å². The number of hydrogen-bond donors (Lipinski definition) is 4. The number of primary amides is 1. The zero-order chi connectivity index (χ0) is 14.5. The summed E-state index contributed by atoms with van der Waals surface area (Å²) in [6.07, 6.45) is 1.81. The van der Waals surface area contributed by atoms with Crippen molar-refractivity contribution in [1.82, 2.24) is 10.6 Å². The number of carboxylic acids is 1. The number of nitrogens with one attached hydrogen (secondary N) is 2. The van der Waals surface area contributed by atoms with E-state index in [1.807, 2.05) is 6.92 Å². The monoisotopic (exact) mass is 271 g/mol. The minimum atomic E-state index is -1.25. The molecule has 0 bridgehead atoms. The summed E-state index contributed by atoms with van der Waals surface area (Å²) in [7, 11) is 0. The maximum absolute atomic E-state index is 12.3. The molecular formula is C12H21N3O4. The van der Waals surface area contributed by atoms with Crippen LogP contribution >= 0.6 is 0 Å². The Bertz CT molecular complexity index is 364. The van der Waals surface area contributed by atoms with Crippen molar-refractivity contribution in [1.29, 1.82) is 0 Å². The number of carbonyl (C=O) groups is 3. The highest BCUT2D eigenvalue weighted by molar-refractivity contribution is 5.90. The van der Waals surface area contributed by atoms with Crippen LogP contribution in [0.2, 0.25) is 0 Å². The third-order valence-electron chi connectivity index (χ3n) is 3.64. The lowest BCUT2D eigenvalue weighted by atomic mass is 9.77. The van der Waals surface area contributed by atoms with Crippen molar-refractivity contribution in [2.24, 2.45) is 11.1 Å². The summed E-state index contributed by atoms with van der Waals surface area (Å²) >= 11 is 0. The first-order chi connectivity index (χ1) is 8.91. The van der Waals surface area contributed by atoms with Crippen molar-refractivity contribution in [3.8, 4) is 0 Å². The fourth-order valence-electron chi connectivity index (χ4n) is 2.34. The summed E-state index contributed by atoms with van der Waals surface area (Å²) < 4.78 is 0. The molecule has 0 aromatic carbocycles. The second-order valence-corrected chi connectivity index (χ2v) is 4.95. The minimum absolute atomic E-state index is 0.323. The van der Waals surface area contributed by atoms with Crippen LogP contribution in [0.4, 0.5) is 0 Å². The number of aliphatic carboxylic acids is 1. The molecule has 1 rings (SSSR count). The van der Waals surface area contributed by atoms with Crippen molar-refractivity contribution in [2.45, 2.75) is 38.6 Å². The molecule has 1 heterocycles. The normalized spacial score (nSPS) is 24.5. The molecule has 1 aliphatic rings. The average Bonchev–Trinajstić information content (AvgIpc) is 2.38. The fraction of sp³-hybridized carbons (Fsp3) is 0.750. The quantitative estimate of drug-likeness (QED) is 0.504. The van der Waals surface area contributed by atoms with Crippen LogP contribution in [0, 0.1) is 5.41 Å². The van der Waals surface area contributed by atoms with E-state index in [4.69, 9.17) is 10.8 Å². The molecule has 2 atom stereocenters. The van der Waals surface area contributed by atoms with Gasteiger partial charge in [0.1, 0.15) is 6.04 Å². The molecule has 19 heavy (non-hydrogen) atoms. The molecule has 0 saturated carbocycles. The van der Waals surface area contributed by atoms with Crippen LogP contribution in [-0.2, 0) is 14.4 Å². The summed E-state index contributed by atoms with van der Waals surface area (Å²) in [5.74, 6) is -2.32. The Morgan fingerprint density at radius 1 is 1.47 bits per heavy atom. The summed E-state index contributed by atoms with van der Waals surface area (Å²) in [5.41, 5.74) is 4.39. The molecule has 1 aliphatic heterocycles. The molecule has 1 fully saturated rings. The molecule has 7 nitrogen and oxygen atoms in total. The Balaban J connectivity index is 2.74. The number of carbonyl (C=O) groups excluding carboxylic acids is 2. The Morgan fingerprint density at radius 2 is 2.16 bits per heavy atom.